The smallest absolute Gasteiger partial charge is 0.128 e. The van der Waals surface area contributed by atoms with E-state index in [1.807, 2.05) is 25.2 Å². The lowest BCUT2D eigenvalue weighted by Gasteiger charge is -2.19. The van der Waals surface area contributed by atoms with Crippen LogP contribution in [0.3, 0.4) is 0 Å². The number of hydrogen-bond acceptors (Lipinski definition) is 2. The van der Waals surface area contributed by atoms with Crippen molar-refractivity contribution in [2.75, 3.05) is 7.05 Å². The highest BCUT2D eigenvalue weighted by molar-refractivity contribution is 9.10. The Labute approximate surface area is 132 Å². The van der Waals surface area contributed by atoms with E-state index in [4.69, 9.17) is 4.74 Å². The maximum atomic E-state index is 14.1. The molecule has 0 amide bonds. The normalized spacial score (nSPS) is 18.2. The van der Waals surface area contributed by atoms with Gasteiger partial charge in [0.15, 0.2) is 0 Å². The fraction of sp³-hybridized carbons (Fsp3) is 0.294. The van der Waals surface area contributed by atoms with Crippen LogP contribution in [0.4, 0.5) is 4.39 Å². The number of rotatable bonds is 3. The molecule has 2 unspecified atom stereocenters. The topological polar surface area (TPSA) is 21.3 Å². The summed E-state index contributed by atoms with van der Waals surface area (Å²) in [6.45, 7) is 2.06. The van der Waals surface area contributed by atoms with E-state index >= 15 is 0 Å². The summed E-state index contributed by atoms with van der Waals surface area (Å²) >= 11 is 3.41. The highest BCUT2D eigenvalue weighted by Gasteiger charge is 2.22. The predicted octanol–water partition coefficient (Wildman–Crippen LogP) is 4.22. The Bertz CT molecular complexity index is 674. The predicted molar refractivity (Wildman–Crippen MR) is 85.2 cm³/mol. The molecule has 0 saturated heterocycles. The van der Waals surface area contributed by atoms with Crippen LogP contribution in [-0.4, -0.2) is 13.2 Å². The van der Waals surface area contributed by atoms with Gasteiger partial charge in [-0.05, 0) is 49.4 Å². The van der Waals surface area contributed by atoms with Gasteiger partial charge >= 0.3 is 0 Å². The molecule has 1 aliphatic heterocycles. The van der Waals surface area contributed by atoms with Gasteiger partial charge in [0.2, 0.25) is 0 Å². The minimum atomic E-state index is -0.206. The van der Waals surface area contributed by atoms with Gasteiger partial charge in [0.05, 0.1) is 6.04 Å². The van der Waals surface area contributed by atoms with E-state index in [0.717, 1.165) is 22.2 Å². The third-order valence-corrected chi connectivity index (χ3v) is 4.30. The molecule has 0 spiro atoms. The second-order valence-corrected chi connectivity index (χ2v) is 6.30. The SMILES string of the molecule is CNC(c1ccc2c(c1)CC(C)O2)c1cc(Br)ccc1F. The largest absolute Gasteiger partial charge is 0.490 e. The van der Waals surface area contributed by atoms with Crippen molar-refractivity contribution in [2.24, 2.45) is 0 Å². The van der Waals surface area contributed by atoms with Crippen LogP contribution in [0.25, 0.3) is 0 Å². The first-order valence-corrected chi connectivity index (χ1v) is 7.79. The monoisotopic (exact) mass is 349 g/mol. The van der Waals surface area contributed by atoms with E-state index in [1.54, 1.807) is 6.07 Å². The van der Waals surface area contributed by atoms with E-state index < -0.39 is 0 Å². The molecular formula is C17H17BrFNO. The van der Waals surface area contributed by atoms with Crippen molar-refractivity contribution < 1.29 is 9.13 Å². The maximum Gasteiger partial charge on any atom is 0.128 e. The van der Waals surface area contributed by atoms with Gasteiger partial charge in [0, 0.05) is 16.5 Å². The molecule has 1 N–H and O–H groups in total. The summed E-state index contributed by atoms with van der Waals surface area (Å²) in [6.07, 6.45) is 1.12. The van der Waals surface area contributed by atoms with E-state index in [1.165, 1.54) is 11.6 Å². The summed E-state index contributed by atoms with van der Waals surface area (Å²) in [5.74, 6) is 0.735. The minimum absolute atomic E-state index is 0.177. The fourth-order valence-corrected chi connectivity index (χ4v) is 3.24. The summed E-state index contributed by atoms with van der Waals surface area (Å²) < 4.78 is 20.7. The third-order valence-electron chi connectivity index (χ3n) is 3.81. The molecule has 4 heteroatoms. The van der Waals surface area contributed by atoms with Crippen molar-refractivity contribution in [2.45, 2.75) is 25.5 Å². The number of nitrogens with one attached hydrogen (secondary N) is 1. The molecule has 0 fully saturated rings. The zero-order chi connectivity index (χ0) is 15.0. The molecule has 0 saturated carbocycles. The lowest BCUT2D eigenvalue weighted by molar-refractivity contribution is 0.254. The molecule has 3 rings (SSSR count). The van der Waals surface area contributed by atoms with Gasteiger partial charge in [-0.1, -0.05) is 28.1 Å². The zero-order valence-corrected chi connectivity index (χ0v) is 13.6. The van der Waals surface area contributed by atoms with Gasteiger partial charge in [-0.25, -0.2) is 4.39 Å². The van der Waals surface area contributed by atoms with Gasteiger partial charge in [-0.3, -0.25) is 0 Å². The second-order valence-electron chi connectivity index (χ2n) is 5.39. The Kier molecular flexibility index (Phi) is 4.00. The second kappa shape index (κ2) is 5.78. The molecule has 1 aliphatic rings. The molecule has 21 heavy (non-hydrogen) atoms. The van der Waals surface area contributed by atoms with Gasteiger partial charge in [-0.15, -0.1) is 0 Å². The molecule has 1 heterocycles. The fourth-order valence-electron chi connectivity index (χ4n) is 2.86. The highest BCUT2D eigenvalue weighted by atomic mass is 79.9. The van der Waals surface area contributed by atoms with Crippen LogP contribution in [0.15, 0.2) is 40.9 Å². The summed E-state index contributed by atoms with van der Waals surface area (Å²) in [5.41, 5.74) is 2.88. The van der Waals surface area contributed by atoms with Crippen LogP contribution in [0, 0.1) is 5.82 Å². The number of fused-ring (bicyclic) bond motifs is 1. The van der Waals surface area contributed by atoms with Crippen molar-refractivity contribution in [3.8, 4) is 5.75 Å². The van der Waals surface area contributed by atoms with Crippen molar-refractivity contribution >= 4 is 15.9 Å². The Hall–Kier alpha value is -1.39. The first-order chi connectivity index (χ1) is 10.1. The standard InChI is InChI=1S/C17H17BrFNO/c1-10-7-12-8-11(3-6-16(12)21-10)17(20-2)14-9-13(18)4-5-15(14)19/h3-6,8-10,17,20H,7H2,1-2H3. The first-order valence-electron chi connectivity index (χ1n) is 7.00. The molecule has 2 aromatic carbocycles. The number of hydrogen-bond donors (Lipinski definition) is 1. The summed E-state index contributed by atoms with van der Waals surface area (Å²) in [4.78, 5) is 0. The van der Waals surface area contributed by atoms with Crippen molar-refractivity contribution in [3.63, 3.8) is 0 Å². The van der Waals surface area contributed by atoms with Crippen LogP contribution >= 0.6 is 15.9 Å². The highest BCUT2D eigenvalue weighted by Crippen LogP contribution is 2.33. The average molecular weight is 350 g/mol. The Morgan fingerprint density at radius 1 is 1.29 bits per heavy atom. The molecule has 2 aromatic rings. The van der Waals surface area contributed by atoms with Crippen LogP contribution in [0.1, 0.15) is 29.7 Å². The maximum absolute atomic E-state index is 14.1. The van der Waals surface area contributed by atoms with Crippen molar-refractivity contribution in [3.05, 3.63) is 63.4 Å². The minimum Gasteiger partial charge on any atom is -0.490 e. The molecule has 0 bridgehead atoms. The lowest BCUT2D eigenvalue weighted by Crippen LogP contribution is -2.19. The van der Waals surface area contributed by atoms with E-state index in [2.05, 4.69) is 34.2 Å². The number of halogens is 2. The Morgan fingerprint density at radius 3 is 2.86 bits per heavy atom. The van der Waals surface area contributed by atoms with Gasteiger partial charge in [0.25, 0.3) is 0 Å². The van der Waals surface area contributed by atoms with Crippen molar-refractivity contribution in [1.29, 1.82) is 0 Å². The Balaban J connectivity index is 2.01. The molecule has 0 aromatic heterocycles. The lowest BCUT2D eigenvalue weighted by atomic mass is 9.96. The van der Waals surface area contributed by atoms with E-state index in [-0.39, 0.29) is 18.0 Å². The third kappa shape index (κ3) is 2.83. The van der Waals surface area contributed by atoms with Crippen molar-refractivity contribution in [1.82, 2.24) is 5.32 Å². The first kappa shape index (κ1) is 14.5. The zero-order valence-electron chi connectivity index (χ0n) is 12.0. The van der Waals surface area contributed by atoms with E-state index in [0.29, 0.717) is 5.56 Å². The molecule has 0 aliphatic carbocycles. The van der Waals surface area contributed by atoms with Crippen LogP contribution < -0.4 is 10.1 Å². The van der Waals surface area contributed by atoms with Gasteiger partial charge in [0.1, 0.15) is 17.7 Å². The quantitative estimate of drug-likeness (QED) is 0.895. The number of ether oxygens (including phenoxy) is 1. The van der Waals surface area contributed by atoms with Crippen LogP contribution in [0.5, 0.6) is 5.75 Å². The molecular weight excluding hydrogens is 333 g/mol. The van der Waals surface area contributed by atoms with Crippen LogP contribution in [0.2, 0.25) is 0 Å². The number of benzene rings is 2. The van der Waals surface area contributed by atoms with Gasteiger partial charge in [-0.2, -0.15) is 0 Å². The molecule has 0 radical (unpaired) electrons. The van der Waals surface area contributed by atoms with Crippen LogP contribution in [-0.2, 0) is 6.42 Å². The molecule has 2 atom stereocenters. The van der Waals surface area contributed by atoms with E-state index in [9.17, 15) is 4.39 Å². The summed E-state index contributed by atoms with van der Waals surface area (Å²) in [6, 6.07) is 10.9. The molecule has 2 nitrogen and oxygen atoms in total. The molecule has 110 valence electrons. The Morgan fingerprint density at radius 2 is 2.10 bits per heavy atom. The average Bonchev–Trinajstić information content (AvgIpc) is 2.83. The summed E-state index contributed by atoms with van der Waals surface area (Å²) in [7, 11) is 1.84. The van der Waals surface area contributed by atoms with Gasteiger partial charge < -0.3 is 10.1 Å². The summed E-state index contributed by atoms with van der Waals surface area (Å²) in [5, 5.41) is 3.20.